The molecule has 1 aliphatic rings. The standard InChI is InChI=1S/C15H28N4/c1-18(2)15-17-12-14(19(15)3)11-16-10-6-9-13-7-4-5-8-13/h12-13,16H,4-11H2,1-3H3. The van der Waals surface area contributed by atoms with E-state index in [0.29, 0.717) is 0 Å². The van der Waals surface area contributed by atoms with Crippen LogP contribution in [0.15, 0.2) is 6.20 Å². The Labute approximate surface area is 117 Å². The monoisotopic (exact) mass is 264 g/mol. The van der Waals surface area contributed by atoms with Crippen LogP contribution in [-0.2, 0) is 13.6 Å². The molecule has 4 heteroatoms. The quantitative estimate of drug-likeness (QED) is 0.768. The topological polar surface area (TPSA) is 33.1 Å². The number of hydrogen-bond donors (Lipinski definition) is 1. The van der Waals surface area contributed by atoms with E-state index in [0.717, 1.165) is 25.0 Å². The first-order valence-corrected chi connectivity index (χ1v) is 7.57. The van der Waals surface area contributed by atoms with E-state index in [4.69, 9.17) is 0 Å². The molecule has 1 aromatic heterocycles. The average Bonchev–Trinajstić information content (AvgIpc) is 2.99. The van der Waals surface area contributed by atoms with Crippen molar-refractivity contribution in [1.29, 1.82) is 0 Å². The summed E-state index contributed by atoms with van der Waals surface area (Å²) in [6.45, 7) is 2.04. The Balaban J connectivity index is 1.65. The van der Waals surface area contributed by atoms with Crippen LogP contribution in [-0.4, -0.2) is 30.2 Å². The zero-order valence-corrected chi connectivity index (χ0v) is 12.7. The molecule has 0 aliphatic heterocycles. The number of imidazole rings is 1. The molecular formula is C15H28N4. The van der Waals surface area contributed by atoms with Gasteiger partial charge >= 0.3 is 0 Å². The van der Waals surface area contributed by atoms with Crippen LogP contribution in [0.25, 0.3) is 0 Å². The SMILES string of the molecule is CN(C)c1ncc(CNCCCC2CCCC2)n1C. The van der Waals surface area contributed by atoms with Crippen LogP contribution in [0.5, 0.6) is 0 Å². The molecule has 1 saturated carbocycles. The molecule has 0 amide bonds. The molecule has 0 atom stereocenters. The molecule has 0 saturated heterocycles. The predicted octanol–water partition coefficient (Wildman–Crippen LogP) is 2.55. The normalized spacial score (nSPS) is 16.2. The lowest BCUT2D eigenvalue weighted by Gasteiger charge is -2.13. The zero-order chi connectivity index (χ0) is 13.7. The van der Waals surface area contributed by atoms with Gasteiger partial charge in [-0.15, -0.1) is 0 Å². The number of nitrogens with one attached hydrogen (secondary N) is 1. The van der Waals surface area contributed by atoms with Gasteiger partial charge in [-0.2, -0.15) is 0 Å². The van der Waals surface area contributed by atoms with Gasteiger partial charge in [-0.1, -0.05) is 25.7 Å². The van der Waals surface area contributed by atoms with Gasteiger partial charge in [-0.05, 0) is 25.3 Å². The van der Waals surface area contributed by atoms with Crippen molar-refractivity contribution >= 4 is 5.95 Å². The smallest absolute Gasteiger partial charge is 0.204 e. The molecule has 4 nitrogen and oxygen atoms in total. The molecule has 1 heterocycles. The van der Waals surface area contributed by atoms with Gasteiger partial charge in [0.1, 0.15) is 0 Å². The summed E-state index contributed by atoms with van der Waals surface area (Å²) in [5.74, 6) is 2.03. The fraction of sp³-hybridized carbons (Fsp3) is 0.800. The van der Waals surface area contributed by atoms with E-state index in [1.54, 1.807) is 0 Å². The summed E-state index contributed by atoms with van der Waals surface area (Å²) in [5, 5.41) is 3.54. The van der Waals surface area contributed by atoms with Gasteiger partial charge in [0, 0.05) is 27.7 Å². The summed E-state index contributed by atoms with van der Waals surface area (Å²) in [4.78, 5) is 6.47. The average molecular weight is 264 g/mol. The second-order valence-electron chi connectivity index (χ2n) is 5.97. The van der Waals surface area contributed by atoms with Crippen molar-refractivity contribution in [3.63, 3.8) is 0 Å². The van der Waals surface area contributed by atoms with Gasteiger partial charge in [0.25, 0.3) is 0 Å². The Hall–Kier alpha value is -1.03. The van der Waals surface area contributed by atoms with Crippen molar-refractivity contribution in [1.82, 2.24) is 14.9 Å². The molecule has 2 rings (SSSR count). The molecule has 1 aliphatic carbocycles. The molecule has 0 spiro atoms. The molecule has 108 valence electrons. The fourth-order valence-corrected chi connectivity index (χ4v) is 3.04. The summed E-state index contributed by atoms with van der Waals surface area (Å²) in [7, 11) is 6.14. The maximum atomic E-state index is 4.43. The number of aromatic nitrogens is 2. The third kappa shape index (κ3) is 3.96. The van der Waals surface area contributed by atoms with Crippen LogP contribution in [0.4, 0.5) is 5.95 Å². The first-order chi connectivity index (χ1) is 9.18. The lowest BCUT2D eigenvalue weighted by atomic mass is 10.0. The van der Waals surface area contributed by atoms with E-state index in [-0.39, 0.29) is 0 Å². The Bertz CT molecular complexity index is 377. The van der Waals surface area contributed by atoms with Gasteiger partial charge in [-0.25, -0.2) is 4.98 Å². The highest BCUT2D eigenvalue weighted by Gasteiger charge is 2.14. The second-order valence-corrected chi connectivity index (χ2v) is 5.97. The van der Waals surface area contributed by atoms with E-state index in [9.17, 15) is 0 Å². The molecule has 1 N–H and O–H groups in total. The van der Waals surface area contributed by atoms with Crippen LogP contribution in [0.3, 0.4) is 0 Å². The minimum absolute atomic E-state index is 0.919. The first-order valence-electron chi connectivity index (χ1n) is 7.57. The fourth-order valence-electron chi connectivity index (χ4n) is 3.04. The maximum Gasteiger partial charge on any atom is 0.204 e. The zero-order valence-electron chi connectivity index (χ0n) is 12.7. The number of hydrogen-bond acceptors (Lipinski definition) is 3. The van der Waals surface area contributed by atoms with Gasteiger partial charge in [0.2, 0.25) is 5.95 Å². The highest BCUT2D eigenvalue weighted by Crippen LogP contribution is 2.28. The minimum Gasteiger partial charge on any atom is -0.348 e. The molecule has 0 bridgehead atoms. The van der Waals surface area contributed by atoms with Gasteiger partial charge in [-0.3, -0.25) is 0 Å². The summed E-state index contributed by atoms with van der Waals surface area (Å²) in [5.41, 5.74) is 1.25. The van der Waals surface area contributed by atoms with Crippen LogP contribution in [0.1, 0.15) is 44.2 Å². The molecule has 0 radical (unpaired) electrons. The van der Waals surface area contributed by atoms with Crippen molar-refractivity contribution in [3.05, 3.63) is 11.9 Å². The molecule has 0 aromatic carbocycles. The first kappa shape index (κ1) is 14.4. The highest BCUT2D eigenvalue weighted by atomic mass is 15.3. The van der Waals surface area contributed by atoms with Gasteiger partial charge in [0.15, 0.2) is 0 Å². The maximum absolute atomic E-state index is 4.43. The lowest BCUT2D eigenvalue weighted by Crippen LogP contribution is -2.19. The van der Waals surface area contributed by atoms with E-state index in [2.05, 4.69) is 21.9 Å². The summed E-state index contributed by atoms with van der Waals surface area (Å²) >= 11 is 0. The van der Waals surface area contributed by atoms with Gasteiger partial charge in [0.05, 0.1) is 11.9 Å². The molecule has 19 heavy (non-hydrogen) atoms. The number of rotatable bonds is 7. The Morgan fingerprint density at radius 3 is 2.74 bits per heavy atom. The predicted molar refractivity (Wildman–Crippen MR) is 80.4 cm³/mol. The highest BCUT2D eigenvalue weighted by molar-refractivity contribution is 5.30. The minimum atomic E-state index is 0.919. The number of anilines is 1. The Morgan fingerprint density at radius 1 is 1.37 bits per heavy atom. The van der Waals surface area contributed by atoms with Crippen molar-refractivity contribution in [2.75, 3.05) is 25.5 Å². The summed E-state index contributed by atoms with van der Waals surface area (Å²) in [6, 6.07) is 0. The van der Waals surface area contributed by atoms with Crippen LogP contribution < -0.4 is 10.2 Å². The molecule has 0 unspecified atom stereocenters. The van der Waals surface area contributed by atoms with Crippen LogP contribution in [0, 0.1) is 5.92 Å². The van der Waals surface area contributed by atoms with Gasteiger partial charge < -0.3 is 14.8 Å². The Kier molecular flexibility index (Phi) is 5.25. The van der Waals surface area contributed by atoms with Crippen LogP contribution in [0.2, 0.25) is 0 Å². The Morgan fingerprint density at radius 2 is 2.11 bits per heavy atom. The van der Waals surface area contributed by atoms with E-state index < -0.39 is 0 Å². The molecule has 1 aromatic rings. The van der Waals surface area contributed by atoms with Crippen LogP contribution >= 0.6 is 0 Å². The van der Waals surface area contributed by atoms with Crippen molar-refractivity contribution in [3.8, 4) is 0 Å². The largest absolute Gasteiger partial charge is 0.348 e. The molecular weight excluding hydrogens is 236 g/mol. The van der Waals surface area contributed by atoms with Crippen molar-refractivity contribution in [2.24, 2.45) is 13.0 Å². The third-order valence-corrected chi connectivity index (χ3v) is 4.21. The summed E-state index contributed by atoms with van der Waals surface area (Å²) < 4.78 is 2.16. The van der Waals surface area contributed by atoms with E-state index in [1.807, 2.05) is 25.2 Å². The van der Waals surface area contributed by atoms with Crippen molar-refractivity contribution in [2.45, 2.75) is 45.1 Å². The third-order valence-electron chi connectivity index (χ3n) is 4.21. The van der Waals surface area contributed by atoms with E-state index in [1.165, 1.54) is 44.2 Å². The lowest BCUT2D eigenvalue weighted by molar-refractivity contribution is 0.469. The summed E-state index contributed by atoms with van der Waals surface area (Å²) in [6.07, 6.45) is 10.5. The second kappa shape index (κ2) is 6.94. The molecule has 1 fully saturated rings. The number of nitrogens with zero attached hydrogens (tertiary/aromatic N) is 3. The van der Waals surface area contributed by atoms with E-state index >= 15 is 0 Å². The van der Waals surface area contributed by atoms with Crippen molar-refractivity contribution < 1.29 is 0 Å².